The minimum Gasteiger partial charge on any atom is -0.486 e. The zero-order valence-corrected chi connectivity index (χ0v) is 16.5. The summed E-state index contributed by atoms with van der Waals surface area (Å²) in [6.45, 7) is -0.856. The van der Waals surface area contributed by atoms with Crippen molar-refractivity contribution in [1.82, 2.24) is 15.2 Å². The molecule has 2 heterocycles. The van der Waals surface area contributed by atoms with E-state index in [9.17, 15) is 26.7 Å². The van der Waals surface area contributed by atoms with E-state index < -0.39 is 47.4 Å². The Hall–Kier alpha value is -3.22. The summed E-state index contributed by atoms with van der Waals surface area (Å²) in [4.78, 5) is 14.5. The number of benzene rings is 1. The Morgan fingerprint density at radius 2 is 1.94 bits per heavy atom. The largest absolute Gasteiger partial charge is 0.486 e. The van der Waals surface area contributed by atoms with Gasteiger partial charge in [-0.3, -0.25) is 9.89 Å². The fraction of sp³-hybridized carbons (Fsp3) is 0.278. The zero-order chi connectivity index (χ0) is 22.8. The molecule has 3 rings (SSSR count). The summed E-state index contributed by atoms with van der Waals surface area (Å²) in [5, 5.41) is 14.6. The number of carboxylic acids is 1. The van der Waals surface area contributed by atoms with Gasteiger partial charge in [0.05, 0.1) is 18.9 Å². The number of aryl methyl sites for hydroxylation is 1. The van der Waals surface area contributed by atoms with Crippen molar-refractivity contribution in [2.24, 2.45) is 0 Å². The third-order valence-corrected chi connectivity index (χ3v) is 5.05. The van der Waals surface area contributed by atoms with Gasteiger partial charge in [-0.1, -0.05) is 11.3 Å². The number of halogens is 5. The predicted octanol–water partition coefficient (Wildman–Crippen LogP) is 4.44. The van der Waals surface area contributed by atoms with E-state index in [1.807, 2.05) is 5.10 Å². The van der Waals surface area contributed by atoms with Crippen LogP contribution >= 0.6 is 11.3 Å². The number of carbonyl (C=O) groups is 1. The Morgan fingerprint density at radius 1 is 1.26 bits per heavy atom. The summed E-state index contributed by atoms with van der Waals surface area (Å²) < 4.78 is 78.7. The van der Waals surface area contributed by atoms with Crippen molar-refractivity contribution in [2.45, 2.75) is 25.6 Å². The molecular weight excluding hydrogens is 449 g/mol. The van der Waals surface area contributed by atoms with Crippen LogP contribution in [-0.4, -0.2) is 33.4 Å². The van der Waals surface area contributed by atoms with Gasteiger partial charge in [-0.25, -0.2) is 13.8 Å². The van der Waals surface area contributed by atoms with Crippen LogP contribution in [0.2, 0.25) is 0 Å². The highest BCUT2D eigenvalue weighted by Gasteiger charge is 2.38. The van der Waals surface area contributed by atoms with Crippen LogP contribution in [-0.2, 0) is 24.0 Å². The van der Waals surface area contributed by atoms with Gasteiger partial charge in [0.1, 0.15) is 23.0 Å². The number of hydrogen-bond acceptors (Lipinski definition) is 6. The first-order chi connectivity index (χ1) is 14.6. The highest BCUT2D eigenvalue weighted by molar-refractivity contribution is 7.16. The Bertz CT molecular complexity index is 1070. The number of aromatic amines is 1. The van der Waals surface area contributed by atoms with Gasteiger partial charge < -0.3 is 14.6 Å². The molecule has 0 aliphatic rings. The predicted molar refractivity (Wildman–Crippen MR) is 97.9 cm³/mol. The van der Waals surface area contributed by atoms with Gasteiger partial charge in [-0.2, -0.15) is 18.3 Å². The van der Waals surface area contributed by atoms with Crippen LogP contribution < -0.4 is 9.47 Å². The van der Waals surface area contributed by atoms with Gasteiger partial charge in [0, 0.05) is 6.42 Å². The number of aromatic nitrogens is 3. The lowest BCUT2D eigenvalue weighted by Gasteiger charge is -2.12. The molecule has 166 valence electrons. The second-order valence-corrected chi connectivity index (χ2v) is 7.18. The maximum absolute atomic E-state index is 14.3. The van der Waals surface area contributed by atoms with Crippen LogP contribution in [0.1, 0.15) is 23.2 Å². The molecule has 31 heavy (non-hydrogen) atoms. The first-order valence-corrected chi connectivity index (χ1v) is 9.39. The second kappa shape index (κ2) is 8.88. The smallest absolute Gasteiger partial charge is 0.433 e. The molecule has 0 saturated carbocycles. The quantitative estimate of drug-likeness (QED) is 0.480. The molecule has 0 radical (unpaired) electrons. The number of H-pyrrole nitrogens is 1. The van der Waals surface area contributed by atoms with E-state index in [4.69, 9.17) is 14.6 Å². The maximum Gasteiger partial charge on any atom is 0.433 e. The van der Waals surface area contributed by atoms with Crippen molar-refractivity contribution in [3.05, 3.63) is 46.8 Å². The summed E-state index contributed by atoms with van der Waals surface area (Å²) in [5.41, 5.74) is -1.85. The SMILES string of the molecule is COc1cnc(-c2n[nH]c(C(F)(F)F)c2COc2c(F)cc(CCC(=O)O)cc2F)s1. The second-order valence-electron chi connectivity index (χ2n) is 6.18. The van der Waals surface area contributed by atoms with Crippen molar-refractivity contribution in [3.63, 3.8) is 0 Å². The van der Waals surface area contributed by atoms with E-state index in [1.165, 1.54) is 13.3 Å². The van der Waals surface area contributed by atoms with Crippen LogP contribution in [0.3, 0.4) is 0 Å². The highest BCUT2D eigenvalue weighted by Crippen LogP contribution is 2.38. The molecule has 13 heteroatoms. The van der Waals surface area contributed by atoms with Crippen molar-refractivity contribution < 1.29 is 41.3 Å². The summed E-state index contributed by atoms with van der Waals surface area (Å²) >= 11 is 0.927. The number of carboxylic acid groups (broad SMARTS) is 1. The lowest BCUT2D eigenvalue weighted by molar-refractivity contribution is -0.142. The Labute approximate surface area is 175 Å². The number of alkyl halides is 3. The molecule has 0 bridgehead atoms. The Kier molecular flexibility index (Phi) is 6.43. The molecule has 0 fully saturated rings. The molecule has 2 aromatic heterocycles. The average Bonchev–Trinajstić information content (AvgIpc) is 3.31. The number of methoxy groups -OCH3 is 1. The molecule has 0 saturated heterocycles. The minimum absolute atomic E-state index is 0.0691. The number of aliphatic carboxylic acids is 1. The molecule has 0 atom stereocenters. The average molecular weight is 463 g/mol. The lowest BCUT2D eigenvalue weighted by atomic mass is 10.1. The molecule has 3 aromatic rings. The van der Waals surface area contributed by atoms with Gasteiger partial charge >= 0.3 is 12.1 Å². The van der Waals surface area contributed by atoms with E-state index in [0.29, 0.717) is 5.06 Å². The summed E-state index contributed by atoms with van der Waals surface area (Å²) in [6, 6.07) is 1.74. The topological polar surface area (TPSA) is 97.3 Å². The van der Waals surface area contributed by atoms with Crippen molar-refractivity contribution >= 4 is 17.3 Å². The molecule has 7 nitrogen and oxygen atoms in total. The molecular formula is C18H14F5N3O4S. The molecule has 0 spiro atoms. The van der Waals surface area contributed by atoms with Crippen LogP contribution in [0.5, 0.6) is 10.8 Å². The van der Waals surface area contributed by atoms with E-state index >= 15 is 0 Å². The number of hydrogen-bond donors (Lipinski definition) is 2. The van der Waals surface area contributed by atoms with E-state index in [0.717, 1.165) is 23.5 Å². The van der Waals surface area contributed by atoms with Gasteiger partial charge in [0.2, 0.25) is 0 Å². The van der Waals surface area contributed by atoms with E-state index in [1.54, 1.807) is 0 Å². The van der Waals surface area contributed by atoms with Gasteiger partial charge in [-0.15, -0.1) is 0 Å². The fourth-order valence-electron chi connectivity index (χ4n) is 2.67. The molecule has 2 N–H and O–H groups in total. The van der Waals surface area contributed by atoms with Gasteiger partial charge in [0.15, 0.2) is 22.4 Å². The summed E-state index contributed by atoms with van der Waals surface area (Å²) in [7, 11) is 1.36. The number of nitrogens with one attached hydrogen (secondary N) is 1. The lowest BCUT2D eigenvalue weighted by Crippen LogP contribution is -2.11. The monoisotopic (exact) mass is 463 g/mol. The maximum atomic E-state index is 14.3. The standard InChI is InChI=1S/C18H14F5N3O4S/c1-29-13-6-24-17(31-13)14-9(16(26-25-14)18(21,22)23)7-30-15-10(19)4-8(5-11(15)20)2-3-12(27)28/h4-6H,2-3,7H2,1H3,(H,25,26)(H,27,28). The van der Waals surface area contributed by atoms with Crippen molar-refractivity contribution in [2.75, 3.05) is 7.11 Å². The summed E-state index contributed by atoms with van der Waals surface area (Å²) in [5.74, 6) is -4.38. The summed E-state index contributed by atoms with van der Waals surface area (Å²) in [6.07, 6.45) is -4.01. The van der Waals surface area contributed by atoms with Crippen LogP contribution in [0.4, 0.5) is 22.0 Å². The number of ether oxygens (including phenoxy) is 2. The fourth-order valence-corrected chi connectivity index (χ4v) is 3.42. The van der Waals surface area contributed by atoms with E-state index in [-0.39, 0.29) is 29.1 Å². The van der Waals surface area contributed by atoms with Crippen LogP contribution in [0.25, 0.3) is 10.7 Å². The van der Waals surface area contributed by atoms with Crippen LogP contribution in [0.15, 0.2) is 18.3 Å². The normalized spacial score (nSPS) is 11.5. The van der Waals surface area contributed by atoms with Crippen molar-refractivity contribution in [3.8, 4) is 21.5 Å². The van der Waals surface area contributed by atoms with Crippen molar-refractivity contribution in [1.29, 1.82) is 0 Å². The molecule has 0 aliphatic carbocycles. The Morgan fingerprint density at radius 3 is 2.48 bits per heavy atom. The zero-order valence-electron chi connectivity index (χ0n) is 15.7. The van der Waals surface area contributed by atoms with E-state index in [2.05, 4.69) is 10.1 Å². The number of nitrogens with zero attached hydrogens (tertiary/aromatic N) is 2. The van der Waals surface area contributed by atoms with Gasteiger partial charge in [-0.05, 0) is 24.1 Å². The highest BCUT2D eigenvalue weighted by atomic mass is 32.1. The number of thiazole rings is 1. The molecule has 0 unspecified atom stereocenters. The minimum atomic E-state index is -4.83. The van der Waals surface area contributed by atoms with Gasteiger partial charge in [0.25, 0.3) is 0 Å². The molecule has 0 amide bonds. The molecule has 0 aliphatic heterocycles. The number of rotatable bonds is 8. The first kappa shape index (κ1) is 22.5. The third kappa shape index (κ3) is 5.10. The first-order valence-electron chi connectivity index (χ1n) is 8.57. The van der Waals surface area contributed by atoms with Crippen LogP contribution in [0, 0.1) is 11.6 Å². The third-order valence-electron chi connectivity index (χ3n) is 4.09. The molecule has 1 aromatic carbocycles. The Balaban J connectivity index is 1.90.